The van der Waals surface area contributed by atoms with Crippen LogP contribution in [0.5, 0.6) is 0 Å². The Morgan fingerprint density at radius 1 is 1.29 bits per heavy atom. The Labute approximate surface area is 139 Å². The molecule has 0 spiro atoms. The predicted octanol–water partition coefficient (Wildman–Crippen LogP) is 5.58. The zero-order chi connectivity index (χ0) is 12.6. The van der Waals surface area contributed by atoms with Gasteiger partial charge in [0.15, 0.2) is 0 Å². The molecule has 0 radical (unpaired) electrons. The van der Waals surface area contributed by atoms with Gasteiger partial charge in [-0.2, -0.15) is 0 Å². The molecule has 1 nitrogen and oxygen atoms in total. The SMILES string of the molecule is NC(c1cc(Br)c(Cl)s1)c1cc(Br)ccc1I. The molecule has 1 aromatic carbocycles. The minimum atomic E-state index is -0.145. The molecule has 2 N–H and O–H groups in total. The minimum absolute atomic E-state index is 0.145. The van der Waals surface area contributed by atoms with Gasteiger partial charge in [0, 0.05) is 17.4 Å². The van der Waals surface area contributed by atoms with Crippen LogP contribution in [0, 0.1) is 3.57 Å². The number of nitrogens with two attached hydrogens (primary N) is 1. The number of hydrogen-bond acceptors (Lipinski definition) is 2. The third-order valence-corrected chi connectivity index (χ3v) is 6.30. The topological polar surface area (TPSA) is 26.0 Å². The molecule has 1 atom stereocenters. The molecular weight excluding hydrogens is 500 g/mol. The lowest BCUT2D eigenvalue weighted by molar-refractivity contribution is 0.885. The molecule has 0 saturated heterocycles. The fourth-order valence-electron chi connectivity index (χ4n) is 1.42. The summed E-state index contributed by atoms with van der Waals surface area (Å²) in [6, 6.07) is 7.94. The summed E-state index contributed by atoms with van der Waals surface area (Å²) in [5.74, 6) is 0. The molecule has 17 heavy (non-hydrogen) atoms. The van der Waals surface area contributed by atoms with Crippen molar-refractivity contribution in [2.24, 2.45) is 5.73 Å². The fourth-order valence-corrected chi connectivity index (χ4v) is 4.23. The Bertz CT molecular complexity index is 539. The summed E-state index contributed by atoms with van der Waals surface area (Å²) < 4.78 is 3.82. The van der Waals surface area contributed by atoms with Crippen LogP contribution in [0.3, 0.4) is 0 Å². The molecule has 6 heteroatoms. The van der Waals surface area contributed by atoms with Crippen molar-refractivity contribution in [1.29, 1.82) is 0 Å². The van der Waals surface area contributed by atoms with E-state index < -0.39 is 0 Å². The van der Waals surface area contributed by atoms with Crippen molar-refractivity contribution in [3.8, 4) is 0 Å². The van der Waals surface area contributed by atoms with Crippen LogP contribution in [0.4, 0.5) is 0 Å². The second-order valence-corrected chi connectivity index (χ2v) is 8.03. The average Bonchev–Trinajstić information content (AvgIpc) is 2.62. The van der Waals surface area contributed by atoms with Gasteiger partial charge in [0.2, 0.25) is 0 Å². The van der Waals surface area contributed by atoms with Crippen molar-refractivity contribution in [1.82, 2.24) is 0 Å². The smallest absolute Gasteiger partial charge is 0.107 e. The van der Waals surface area contributed by atoms with Crippen molar-refractivity contribution in [3.05, 3.63) is 51.6 Å². The Morgan fingerprint density at radius 3 is 2.59 bits per heavy atom. The first-order valence-corrected chi connectivity index (χ1v) is 8.50. The molecule has 2 rings (SSSR count). The number of hydrogen-bond donors (Lipinski definition) is 1. The Kier molecular flexibility index (Phi) is 4.94. The molecule has 0 amide bonds. The number of halogens is 4. The zero-order valence-electron chi connectivity index (χ0n) is 8.38. The second-order valence-electron chi connectivity index (χ2n) is 3.41. The molecule has 90 valence electrons. The quantitative estimate of drug-likeness (QED) is 0.528. The second kappa shape index (κ2) is 5.88. The molecule has 2 aromatic rings. The van der Waals surface area contributed by atoms with Gasteiger partial charge in [0.25, 0.3) is 0 Å². The number of rotatable bonds is 2. The molecule has 0 saturated carbocycles. The Balaban J connectivity index is 2.42. The van der Waals surface area contributed by atoms with E-state index in [0.717, 1.165) is 27.3 Å². The van der Waals surface area contributed by atoms with Crippen LogP contribution >= 0.6 is 77.4 Å². The van der Waals surface area contributed by atoms with Gasteiger partial charge in [0.1, 0.15) is 4.34 Å². The zero-order valence-corrected chi connectivity index (χ0v) is 15.3. The molecule has 1 unspecified atom stereocenters. The van der Waals surface area contributed by atoms with E-state index in [1.807, 2.05) is 24.3 Å². The maximum Gasteiger partial charge on any atom is 0.107 e. The minimum Gasteiger partial charge on any atom is -0.320 e. The first-order chi connectivity index (χ1) is 7.99. The largest absolute Gasteiger partial charge is 0.320 e. The molecule has 0 aliphatic heterocycles. The van der Waals surface area contributed by atoms with Crippen LogP contribution in [0.1, 0.15) is 16.5 Å². The molecule has 1 aromatic heterocycles. The number of thiophene rings is 1. The Hall–Kier alpha value is 0.860. The van der Waals surface area contributed by atoms with Crippen molar-refractivity contribution in [3.63, 3.8) is 0 Å². The third-order valence-electron chi connectivity index (χ3n) is 2.26. The first-order valence-electron chi connectivity index (χ1n) is 4.64. The van der Waals surface area contributed by atoms with Crippen LogP contribution in [0.25, 0.3) is 0 Å². The van der Waals surface area contributed by atoms with Crippen molar-refractivity contribution >= 4 is 77.4 Å². The van der Waals surface area contributed by atoms with Crippen LogP contribution in [0.15, 0.2) is 33.2 Å². The summed E-state index contributed by atoms with van der Waals surface area (Å²) in [6.07, 6.45) is 0. The first kappa shape index (κ1) is 14.3. The van der Waals surface area contributed by atoms with Gasteiger partial charge in [-0.1, -0.05) is 27.5 Å². The van der Waals surface area contributed by atoms with Gasteiger partial charge in [-0.25, -0.2) is 0 Å². The molecule has 0 aliphatic carbocycles. The average molecular weight is 507 g/mol. The highest BCUT2D eigenvalue weighted by Crippen LogP contribution is 2.37. The summed E-state index contributed by atoms with van der Waals surface area (Å²) in [4.78, 5) is 1.05. The monoisotopic (exact) mass is 505 g/mol. The molecular formula is C11H7Br2ClINS. The van der Waals surface area contributed by atoms with E-state index in [2.05, 4.69) is 54.5 Å². The van der Waals surface area contributed by atoms with Crippen LogP contribution in [0.2, 0.25) is 4.34 Å². The predicted molar refractivity (Wildman–Crippen MR) is 89.9 cm³/mol. The summed E-state index contributed by atoms with van der Waals surface area (Å²) in [7, 11) is 0. The highest BCUT2D eigenvalue weighted by molar-refractivity contribution is 14.1. The van der Waals surface area contributed by atoms with Crippen LogP contribution in [-0.4, -0.2) is 0 Å². The molecule has 0 bridgehead atoms. The molecule has 0 fully saturated rings. The summed E-state index contributed by atoms with van der Waals surface area (Å²) >= 11 is 16.7. The van der Waals surface area contributed by atoms with Crippen molar-refractivity contribution in [2.75, 3.05) is 0 Å². The van der Waals surface area contributed by atoms with E-state index in [9.17, 15) is 0 Å². The lowest BCUT2D eigenvalue weighted by atomic mass is 10.1. The highest BCUT2D eigenvalue weighted by atomic mass is 127. The maximum absolute atomic E-state index is 6.27. The van der Waals surface area contributed by atoms with Gasteiger partial charge < -0.3 is 5.73 Å². The van der Waals surface area contributed by atoms with Gasteiger partial charge >= 0.3 is 0 Å². The van der Waals surface area contributed by atoms with E-state index >= 15 is 0 Å². The van der Waals surface area contributed by atoms with E-state index in [4.69, 9.17) is 17.3 Å². The fraction of sp³-hybridized carbons (Fsp3) is 0.0909. The standard InChI is InChI=1S/C11H7Br2ClINS/c12-5-1-2-8(15)6(3-5)10(16)9-4-7(13)11(14)17-9/h1-4,10H,16H2. The van der Waals surface area contributed by atoms with E-state index in [0.29, 0.717) is 0 Å². The van der Waals surface area contributed by atoms with Gasteiger partial charge in [-0.05, 0) is 68.3 Å². The van der Waals surface area contributed by atoms with Crippen molar-refractivity contribution in [2.45, 2.75) is 6.04 Å². The van der Waals surface area contributed by atoms with E-state index in [1.165, 1.54) is 11.3 Å². The van der Waals surface area contributed by atoms with Gasteiger partial charge in [-0.3, -0.25) is 0 Å². The van der Waals surface area contributed by atoms with E-state index in [-0.39, 0.29) is 6.04 Å². The normalized spacial score (nSPS) is 12.8. The number of benzene rings is 1. The lowest BCUT2D eigenvalue weighted by Gasteiger charge is -2.12. The summed E-state index contributed by atoms with van der Waals surface area (Å²) in [5.41, 5.74) is 7.38. The van der Waals surface area contributed by atoms with Gasteiger partial charge in [0.05, 0.1) is 6.04 Å². The van der Waals surface area contributed by atoms with Crippen LogP contribution < -0.4 is 5.73 Å². The Morgan fingerprint density at radius 2 is 2.00 bits per heavy atom. The van der Waals surface area contributed by atoms with Gasteiger partial charge in [-0.15, -0.1) is 11.3 Å². The molecule has 1 heterocycles. The maximum atomic E-state index is 6.27. The van der Waals surface area contributed by atoms with Crippen LogP contribution in [-0.2, 0) is 0 Å². The third kappa shape index (κ3) is 3.25. The summed E-state index contributed by atoms with van der Waals surface area (Å²) in [5, 5.41) is 0. The van der Waals surface area contributed by atoms with E-state index in [1.54, 1.807) is 0 Å². The molecule has 0 aliphatic rings. The van der Waals surface area contributed by atoms with Crippen molar-refractivity contribution < 1.29 is 0 Å². The lowest BCUT2D eigenvalue weighted by Crippen LogP contribution is -2.11. The highest BCUT2D eigenvalue weighted by Gasteiger charge is 2.16. The summed E-state index contributed by atoms with van der Waals surface area (Å²) in [6.45, 7) is 0.